The molecule has 1 aromatic heterocycles. The van der Waals surface area contributed by atoms with Gasteiger partial charge in [-0.05, 0) is 48.0 Å². The molecule has 1 N–H and O–H groups in total. The Morgan fingerprint density at radius 2 is 1.70 bits per heavy atom. The monoisotopic (exact) mass is 449 g/mol. The Kier molecular flexibility index (Phi) is 6.08. The number of aliphatic hydroxyl groups excluding tert-OH is 1. The van der Waals surface area contributed by atoms with Crippen molar-refractivity contribution < 1.29 is 33.3 Å². The molecule has 0 bridgehead atoms. The van der Waals surface area contributed by atoms with E-state index in [4.69, 9.17) is 18.6 Å². The number of rotatable bonds is 7. The summed E-state index contributed by atoms with van der Waals surface area (Å²) in [6, 6.07) is 14.4. The SMILES string of the molecule is COc1ccc(C2C(=C(O)c3ccc(OC)c(OC)c3)C(=O)C(=O)N2Cc2ccco2)cc1. The molecular formula is C25H23NO7. The van der Waals surface area contributed by atoms with Crippen molar-refractivity contribution in [1.82, 2.24) is 4.90 Å². The number of ketones is 1. The average molecular weight is 449 g/mol. The van der Waals surface area contributed by atoms with Gasteiger partial charge in [-0.25, -0.2) is 0 Å². The van der Waals surface area contributed by atoms with Gasteiger partial charge in [0.1, 0.15) is 17.3 Å². The molecule has 1 amide bonds. The second-order valence-corrected chi connectivity index (χ2v) is 7.35. The van der Waals surface area contributed by atoms with Crippen molar-refractivity contribution in [2.45, 2.75) is 12.6 Å². The van der Waals surface area contributed by atoms with Crippen molar-refractivity contribution in [1.29, 1.82) is 0 Å². The standard InChI is InChI=1S/C25H23NO7/c1-30-17-9-6-15(7-10-17)22-21(23(27)16-8-11-19(31-2)20(13-16)32-3)24(28)25(29)26(22)14-18-5-4-12-33-18/h4-13,22,27H,14H2,1-3H3. The lowest BCUT2D eigenvalue weighted by molar-refractivity contribution is -0.140. The first-order chi connectivity index (χ1) is 16.0. The number of amides is 1. The first-order valence-electron chi connectivity index (χ1n) is 10.2. The molecule has 0 spiro atoms. The van der Waals surface area contributed by atoms with Gasteiger partial charge < -0.3 is 28.6 Å². The molecule has 8 nitrogen and oxygen atoms in total. The molecule has 3 aromatic rings. The maximum Gasteiger partial charge on any atom is 0.296 e. The molecule has 2 heterocycles. The van der Waals surface area contributed by atoms with Gasteiger partial charge in [0.2, 0.25) is 0 Å². The normalized spacial score (nSPS) is 17.3. The van der Waals surface area contributed by atoms with Gasteiger partial charge >= 0.3 is 0 Å². The molecule has 1 fully saturated rings. The van der Waals surface area contributed by atoms with Gasteiger partial charge in [0, 0.05) is 5.56 Å². The molecule has 0 radical (unpaired) electrons. The van der Waals surface area contributed by atoms with Crippen LogP contribution in [0.2, 0.25) is 0 Å². The van der Waals surface area contributed by atoms with Crippen molar-refractivity contribution in [3.63, 3.8) is 0 Å². The lowest BCUT2D eigenvalue weighted by Crippen LogP contribution is -2.29. The number of Topliss-reactive ketones (excluding diaryl/α,β-unsaturated/α-hetero) is 1. The fourth-order valence-corrected chi connectivity index (χ4v) is 3.89. The predicted molar refractivity (Wildman–Crippen MR) is 119 cm³/mol. The zero-order valence-electron chi connectivity index (χ0n) is 18.4. The van der Waals surface area contributed by atoms with E-state index in [1.54, 1.807) is 61.7 Å². The molecule has 1 unspecified atom stereocenters. The minimum Gasteiger partial charge on any atom is -0.507 e. The van der Waals surface area contributed by atoms with Crippen LogP contribution in [0, 0.1) is 0 Å². The number of hydrogen-bond donors (Lipinski definition) is 1. The van der Waals surface area contributed by atoms with E-state index < -0.39 is 17.7 Å². The number of ether oxygens (including phenoxy) is 3. The van der Waals surface area contributed by atoms with E-state index in [2.05, 4.69) is 0 Å². The average Bonchev–Trinajstić information content (AvgIpc) is 3.45. The molecule has 1 aliphatic heterocycles. The first-order valence-corrected chi connectivity index (χ1v) is 10.2. The molecule has 1 atom stereocenters. The third kappa shape index (κ3) is 4.03. The van der Waals surface area contributed by atoms with E-state index in [1.165, 1.54) is 25.4 Å². The van der Waals surface area contributed by atoms with Crippen LogP contribution in [0.5, 0.6) is 17.2 Å². The van der Waals surface area contributed by atoms with E-state index in [9.17, 15) is 14.7 Å². The van der Waals surface area contributed by atoms with Crippen molar-refractivity contribution in [2.24, 2.45) is 0 Å². The highest BCUT2D eigenvalue weighted by Gasteiger charge is 2.46. The predicted octanol–water partition coefficient (Wildman–Crippen LogP) is 3.93. The second kappa shape index (κ2) is 9.12. The number of aliphatic hydroxyl groups is 1. The van der Waals surface area contributed by atoms with E-state index >= 15 is 0 Å². The molecular weight excluding hydrogens is 426 g/mol. The Hall–Kier alpha value is -4.20. The van der Waals surface area contributed by atoms with Crippen LogP contribution in [0.1, 0.15) is 22.9 Å². The summed E-state index contributed by atoms with van der Waals surface area (Å²) in [7, 11) is 4.53. The van der Waals surface area contributed by atoms with E-state index in [0.717, 1.165) is 0 Å². The summed E-state index contributed by atoms with van der Waals surface area (Å²) in [6.45, 7) is 0.0665. The van der Waals surface area contributed by atoms with Gasteiger partial charge in [-0.2, -0.15) is 0 Å². The lowest BCUT2D eigenvalue weighted by Gasteiger charge is -2.24. The number of carbonyl (C=O) groups excluding carboxylic acids is 2. The Labute approximate surface area is 190 Å². The van der Waals surface area contributed by atoms with Crippen molar-refractivity contribution in [3.8, 4) is 17.2 Å². The third-order valence-electron chi connectivity index (χ3n) is 5.53. The Balaban J connectivity index is 1.86. The summed E-state index contributed by atoms with van der Waals surface area (Å²) in [5.41, 5.74) is 0.940. The summed E-state index contributed by atoms with van der Waals surface area (Å²) in [5.74, 6) is 0.176. The van der Waals surface area contributed by atoms with Gasteiger partial charge in [-0.15, -0.1) is 0 Å². The van der Waals surface area contributed by atoms with Crippen LogP contribution in [0.15, 0.2) is 70.9 Å². The Morgan fingerprint density at radius 1 is 0.970 bits per heavy atom. The molecule has 2 aromatic carbocycles. The van der Waals surface area contributed by atoms with E-state index in [-0.39, 0.29) is 17.9 Å². The lowest BCUT2D eigenvalue weighted by atomic mass is 9.95. The second-order valence-electron chi connectivity index (χ2n) is 7.35. The van der Waals surface area contributed by atoms with Crippen LogP contribution in [0.4, 0.5) is 0 Å². The van der Waals surface area contributed by atoms with Gasteiger partial charge in [0.05, 0.1) is 45.8 Å². The zero-order chi connectivity index (χ0) is 23.5. The van der Waals surface area contributed by atoms with Gasteiger partial charge in [0.25, 0.3) is 11.7 Å². The minimum atomic E-state index is -0.825. The maximum absolute atomic E-state index is 13.1. The van der Waals surface area contributed by atoms with Crippen LogP contribution < -0.4 is 14.2 Å². The highest BCUT2D eigenvalue weighted by Crippen LogP contribution is 2.41. The molecule has 1 aliphatic rings. The highest BCUT2D eigenvalue weighted by atomic mass is 16.5. The van der Waals surface area contributed by atoms with Crippen molar-refractivity contribution in [2.75, 3.05) is 21.3 Å². The maximum atomic E-state index is 13.1. The van der Waals surface area contributed by atoms with Crippen LogP contribution >= 0.6 is 0 Å². The van der Waals surface area contributed by atoms with E-state index in [1.807, 2.05) is 0 Å². The Morgan fingerprint density at radius 3 is 2.30 bits per heavy atom. The van der Waals surface area contributed by atoms with Gasteiger partial charge in [0.15, 0.2) is 11.5 Å². The number of likely N-dealkylation sites (tertiary alicyclic amines) is 1. The van der Waals surface area contributed by atoms with Gasteiger partial charge in [-0.3, -0.25) is 9.59 Å². The van der Waals surface area contributed by atoms with Crippen LogP contribution in [0.25, 0.3) is 5.76 Å². The molecule has 8 heteroatoms. The molecule has 0 saturated carbocycles. The van der Waals surface area contributed by atoms with Gasteiger partial charge in [-0.1, -0.05) is 12.1 Å². The van der Waals surface area contributed by atoms with Crippen molar-refractivity contribution >= 4 is 17.4 Å². The summed E-state index contributed by atoms with van der Waals surface area (Å²) < 4.78 is 21.2. The first kappa shape index (κ1) is 22.0. The molecule has 1 saturated heterocycles. The third-order valence-corrected chi connectivity index (χ3v) is 5.53. The van der Waals surface area contributed by atoms with E-state index in [0.29, 0.717) is 34.1 Å². The van der Waals surface area contributed by atoms with Crippen molar-refractivity contribution in [3.05, 3.63) is 83.3 Å². The van der Waals surface area contributed by atoms with Crippen LogP contribution in [0.3, 0.4) is 0 Å². The molecule has 170 valence electrons. The minimum absolute atomic E-state index is 0.0241. The fraction of sp³-hybridized carbons (Fsp3) is 0.200. The summed E-state index contributed by atoms with van der Waals surface area (Å²) >= 11 is 0. The van der Waals surface area contributed by atoms with Crippen LogP contribution in [-0.4, -0.2) is 43.0 Å². The number of methoxy groups -OCH3 is 3. The number of benzene rings is 2. The Bertz CT molecular complexity index is 1200. The number of furan rings is 1. The molecule has 4 rings (SSSR count). The number of hydrogen-bond acceptors (Lipinski definition) is 7. The topological polar surface area (TPSA) is 98.4 Å². The molecule has 33 heavy (non-hydrogen) atoms. The molecule has 0 aliphatic carbocycles. The quantitative estimate of drug-likeness (QED) is 0.332. The summed E-state index contributed by atoms with van der Waals surface area (Å²) in [4.78, 5) is 27.5. The number of nitrogens with zero attached hydrogens (tertiary/aromatic N) is 1. The summed E-state index contributed by atoms with van der Waals surface area (Å²) in [6.07, 6.45) is 1.50. The number of carbonyl (C=O) groups is 2. The fourth-order valence-electron chi connectivity index (χ4n) is 3.89. The summed E-state index contributed by atoms with van der Waals surface area (Å²) in [5, 5.41) is 11.2. The largest absolute Gasteiger partial charge is 0.507 e. The highest BCUT2D eigenvalue weighted by molar-refractivity contribution is 6.46. The van der Waals surface area contributed by atoms with Crippen LogP contribution in [-0.2, 0) is 16.1 Å². The smallest absolute Gasteiger partial charge is 0.296 e. The zero-order valence-corrected chi connectivity index (χ0v) is 18.4.